The molecule has 4 saturated heterocycles. The van der Waals surface area contributed by atoms with E-state index in [2.05, 4.69) is 47.1 Å². The average Bonchev–Trinajstić information content (AvgIpc) is 0.752. The molecule has 28 nitrogen and oxygen atoms in total. The third kappa shape index (κ3) is 22.2. The summed E-state index contributed by atoms with van der Waals surface area (Å²) in [5, 5.41) is 59.8. The van der Waals surface area contributed by atoms with E-state index in [1.807, 2.05) is 50.3 Å². The monoisotopic (exact) mass is 1610 g/mol. The number of benzene rings is 1. The minimum atomic E-state index is -2.16. The number of Topliss-reactive ketones (excluding diaryl/α,β-unsaturated/α-hetero) is 3. The van der Waals surface area contributed by atoms with Gasteiger partial charge in [-0.15, -0.1) is 0 Å². The first kappa shape index (κ1) is 85.8. The molecule has 19 atom stereocenters. The molecular weight excluding hydrogens is 1510 g/mol. The summed E-state index contributed by atoms with van der Waals surface area (Å²) >= 11 is 6.96. The predicted molar refractivity (Wildman–Crippen MR) is 387 cm³/mol. The van der Waals surface area contributed by atoms with Crippen LogP contribution in [0.2, 0.25) is 0 Å². The number of ketones is 3. The van der Waals surface area contributed by atoms with Gasteiger partial charge in [0.2, 0.25) is 23.1 Å². The van der Waals surface area contributed by atoms with E-state index >= 15 is 0 Å². The fraction of sp³-hybridized carbons (Fsp3) is 0.676. The molecule has 0 saturated carbocycles. The Hall–Kier alpha value is -4.13. The average molecular weight is 1610 g/mol. The topological polar surface area (TPSA) is 377 Å². The maximum Gasteiger partial charge on any atom is 0.411 e. The van der Waals surface area contributed by atoms with Gasteiger partial charge in [-0.2, -0.15) is 18.1 Å². The van der Waals surface area contributed by atoms with E-state index in [1.54, 1.807) is 52.5 Å². The van der Waals surface area contributed by atoms with Gasteiger partial charge in [-0.3, -0.25) is 34.1 Å². The van der Waals surface area contributed by atoms with Gasteiger partial charge in [-0.1, -0.05) is 77.0 Å². The van der Waals surface area contributed by atoms with Crippen LogP contribution >= 0.6 is 68.6 Å². The zero-order valence-corrected chi connectivity index (χ0v) is 65.1. The highest BCUT2D eigenvalue weighted by Gasteiger charge is 2.53. The molecule has 2 bridgehead atoms. The van der Waals surface area contributed by atoms with E-state index < -0.39 is 143 Å². The van der Waals surface area contributed by atoms with Crippen LogP contribution in [0.25, 0.3) is 0 Å². The molecule has 17 unspecified atom stereocenters. The van der Waals surface area contributed by atoms with Crippen LogP contribution in [-0.2, 0) is 66.6 Å². The zero-order valence-electron chi connectivity index (χ0n) is 59.6. The standard InChI is InChI=1S/C62H85IN4O23S3.C6H12OS/c1-14-67(40(71)27-64)35-28-83-41(24-39(35)78-9)88-54-49(73)46(31(4)85-59(54)87-38-19-17-15-16-18-21-62(77)26-37(70)47(65-60(76)82-13)44(38)34(62)20-22-91-93-61(7,8)25-29(2)68)66-90-42-23-36(69)56(33(6)84-42)92-57(75)43-30(3)45(63)52(55(81-12)51(43)79-10)89-58-50(74)53(80-11)48(72)32(5)86-58;1-5(7)4-6(2,3)8/h15-16,20,31-33,35-36,38-39,41-42,46,48-50,53-54,56,58-59,66,69,72-74,77H,14,22-28,64H2,1-13H3,(H,65,76);8H,4H2,1-3H3/b16-15-,34-20+;/t31?,32?,33?,35?,36?,38-,39?,41?,42?,46?,48?,49?,50?,53?,54?,56?,58?,59?,62-;/m0./s1. The number of methoxy groups -OCH3 is 5. The van der Waals surface area contributed by atoms with Crippen molar-refractivity contribution in [3.63, 3.8) is 0 Å². The van der Waals surface area contributed by atoms with Crippen molar-refractivity contribution in [2.75, 3.05) is 61.0 Å². The van der Waals surface area contributed by atoms with E-state index in [4.69, 9.17) is 67.4 Å². The number of thiol groups is 1. The number of thioether (sulfide) groups is 1. The molecule has 0 spiro atoms. The molecule has 2 amide bonds. The number of hydroxylamine groups is 1. The van der Waals surface area contributed by atoms with Gasteiger partial charge in [0.15, 0.2) is 41.8 Å². The summed E-state index contributed by atoms with van der Waals surface area (Å²) in [5.41, 5.74) is 6.65. The number of halogens is 1. The molecular formula is C68H97IN4O24S4. The Morgan fingerprint density at radius 2 is 1.51 bits per heavy atom. The molecule has 6 aliphatic rings. The van der Waals surface area contributed by atoms with E-state index in [0.29, 0.717) is 22.1 Å². The molecule has 2 aliphatic carbocycles. The summed E-state index contributed by atoms with van der Waals surface area (Å²) in [6, 6.07) is -1.76. The number of nitrogens with one attached hydrogen (secondary N) is 2. The number of rotatable bonds is 27. The van der Waals surface area contributed by atoms with Crippen LogP contribution in [0, 0.1) is 34.2 Å². The van der Waals surface area contributed by atoms with Gasteiger partial charge in [-0.25, -0.2) is 4.79 Å². The number of amides is 2. The van der Waals surface area contributed by atoms with Crippen LogP contribution < -0.4 is 30.7 Å². The van der Waals surface area contributed by atoms with E-state index in [9.17, 15) is 54.3 Å². The summed E-state index contributed by atoms with van der Waals surface area (Å²) in [5.74, 6) is 10.9. The Bertz CT molecular complexity index is 3320. The van der Waals surface area contributed by atoms with Gasteiger partial charge >= 0.3 is 6.09 Å². The van der Waals surface area contributed by atoms with Crippen molar-refractivity contribution in [1.82, 2.24) is 15.7 Å². The van der Waals surface area contributed by atoms with Crippen molar-refractivity contribution in [3.05, 3.63) is 49.8 Å². The molecule has 1 aromatic carbocycles. The SMILES string of the molecule is CC(=O)CC(C)(C)S.CCN(C(=O)CN)C1COC(OC2C(O[C@H]3C#C/C=C\C#C[C@]4(O)CC(=O)C(NC(=O)OC)=C3/C4=C\CSSC(C)(C)CC(C)=O)OC(C)C(NOC3CC(O)C(SC(=O)c4c(C)c(I)c(OC5OC(C)C(O)C(OC)C5O)c(OC)c4OC)C(C)O3)C2O)CC1OC. The van der Waals surface area contributed by atoms with Gasteiger partial charge in [0.25, 0.3) is 0 Å². The van der Waals surface area contributed by atoms with Crippen LogP contribution in [-0.4, -0.2) is 251 Å². The number of aliphatic hydroxyl groups is 5. The Morgan fingerprint density at radius 3 is 2.10 bits per heavy atom. The largest absolute Gasteiger partial charge is 0.492 e. The molecule has 101 heavy (non-hydrogen) atoms. The first-order valence-corrected chi connectivity index (χ1v) is 37.4. The van der Waals surface area contributed by atoms with Crippen molar-refractivity contribution < 1.29 is 116 Å². The van der Waals surface area contributed by atoms with Crippen LogP contribution in [0.3, 0.4) is 0 Å². The number of likely N-dealkylation sites (N-methyl/N-ethyl adjacent to an activating group) is 1. The summed E-state index contributed by atoms with van der Waals surface area (Å²) in [4.78, 5) is 85.1. The van der Waals surface area contributed by atoms with Crippen molar-refractivity contribution in [2.45, 2.75) is 233 Å². The fourth-order valence-electron chi connectivity index (χ4n) is 12.4. The lowest BCUT2D eigenvalue weighted by molar-refractivity contribution is -0.337. The minimum Gasteiger partial charge on any atom is -0.492 e. The van der Waals surface area contributed by atoms with Gasteiger partial charge in [0.05, 0.1) is 104 Å². The second kappa shape index (κ2) is 38.4. The fourth-order valence-corrected chi connectivity index (χ4v) is 16.8. The molecule has 7 rings (SSSR count). The number of aliphatic hydroxyl groups excluding tert-OH is 4. The van der Waals surface area contributed by atoms with Gasteiger partial charge in [0, 0.05) is 72.8 Å². The van der Waals surface area contributed by atoms with E-state index in [-0.39, 0.29) is 100 Å². The number of alkyl carbamates (subject to hydrolysis) is 1. The molecule has 4 fully saturated rings. The molecule has 4 heterocycles. The summed E-state index contributed by atoms with van der Waals surface area (Å²) in [6.07, 6.45) is -14.7. The van der Waals surface area contributed by atoms with Gasteiger partial charge < -0.3 is 93.0 Å². The van der Waals surface area contributed by atoms with Crippen LogP contribution in [0.4, 0.5) is 4.79 Å². The van der Waals surface area contributed by atoms with Crippen molar-refractivity contribution in [1.29, 1.82) is 0 Å². The normalized spacial score (nSPS) is 31.9. The number of hydrogen-bond donors (Lipinski definition) is 9. The van der Waals surface area contributed by atoms with Crippen LogP contribution in [0.1, 0.15) is 117 Å². The minimum absolute atomic E-state index is 0.00161. The zero-order chi connectivity index (χ0) is 75.2. The molecule has 1 aromatic rings. The lowest BCUT2D eigenvalue weighted by atomic mass is 9.75. The second-order valence-electron chi connectivity index (χ2n) is 26.0. The molecule has 0 aromatic heterocycles. The first-order chi connectivity index (χ1) is 47.5. The Kier molecular flexibility index (Phi) is 32.6. The second-order valence-corrected chi connectivity index (χ2v) is 32.5. The number of fused-ring (bicyclic) bond motifs is 2. The third-order valence-electron chi connectivity index (χ3n) is 17.0. The number of allylic oxidation sites excluding steroid dienone is 3. The molecule has 33 heteroatoms. The first-order valence-electron chi connectivity index (χ1n) is 32.7. The van der Waals surface area contributed by atoms with Crippen molar-refractivity contribution >= 4 is 103 Å². The molecule has 4 aliphatic heterocycles. The highest BCUT2D eigenvalue weighted by atomic mass is 127. The molecule has 9 N–H and O–H groups in total. The van der Waals surface area contributed by atoms with E-state index in [1.165, 1.54) is 69.1 Å². The highest BCUT2D eigenvalue weighted by molar-refractivity contribution is 14.1. The number of ether oxygens (including phenoxy) is 12. The quantitative estimate of drug-likeness (QED) is 0.0146. The number of carbonyl (C=O) groups is 6. The van der Waals surface area contributed by atoms with Crippen LogP contribution in [0.5, 0.6) is 17.2 Å². The Morgan fingerprint density at radius 1 is 0.851 bits per heavy atom. The number of nitrogens with two attached hydrogens (primary N) is 1. The Labute approximate surface area is 621 Å². The lowest BCUT2D eigenvalue weighted by Gasteiger charge is -2.47. The summed E-state index contributed by atoms with van der Waals surface area (Å²) in [6.45, 7) is 19.1. The van der Waals surface area contributed by atoms with Gasteiger partial charge in [-0.05, 0) is 103 Å². The maximum absolute atomic E-state index is 14.5. The lowest BCUT2D eigenvalue weighted by Crippen LogP contribution is -2.65. The summed E-state index contributed by atoms with van der Waals surface area (Å²) in [7, 11) is 9.43. The number of nitrogens with zero attached hydrogens (tertiary/aromatic N) is 1. The maximum atomic E-state index is 14.5. The smallest absolute Gasteiger partial charge is 0.411 e. The van der Waals surface area contributed by atoms with Gasteiger partial charge in [0.1, 0.15) is 48.2 Å². The van der Waals surface area contributed by atoms with Crippen LogP contribution in [0.15, 0.2) is 35.1 Å². The van der Waals surface area contributed by atoms with Crippen molar-refractivity contribution in [2.24, 2.45) is 5.73 Å². The van der Waals surface area contributed by atoms with E-state index in [0.717, 1.165) is 18.9 Å². The highest BCUT2D eigenvalue weighted by Crippen LogP contribution is 2.49. The number of hydrogen-bond acceptors (Lipinski definition) is 30. The predicted octanol–water partition coefficient (Wildman–Crippen LogP) is 4.55. The molecule has 564 valence electrons. The Balaban J connectivity index is 0.00000189. The van der Waals surface area contributed by atoms with Crippen molar-refractivity contribution in [3.8, 4) is 40.9 Å². The number of carbonyl (C=O) groups excluding carboxylic acids is 6. The summed E-state index contributed by atoms with van der Waals surface area (Å²) < 4.78 is 72.2. The third-order valence-corrected chi connectivity index (χ3v) is 23.0. The molecule has 0 radical (unpaired) electrons.